The first-order valence-electron chi connectivity index (χ1n) is 3.14. The van der Waals surface area contributed by atoms with E-state index in [0.717, 1.165) is 0 Å². The van der Waals surface area contributed by atoms with Crippen LogP contribution in [0.2, 0.25) is 0 Å². The van der Waals surface area contributed by atoms with Crippen LogP contribution in [-0.4, -0.2) is 5.21 Å². The molecule has 0 radical (unpaired) electrons. The van der Waals surface area contributed by atoms with E-state index in [1.165, 1.54) is 12.2 Å². The summed E-state index contributed by atoms with van der Waals surface area (Å²) in [5, 5.41) is 8.24. The van der Waals surface area contributed by atoms with Gasteiger partial charge < -0.3 is 0 Å². The molecule has 0 aliphatic heterocycles. The van der Waals surface area contributed by atoms with Crippen molar-refractivity contribution in [1.29, 1.82) is 0 Å². The van der Waals surface area contributed by atoms with E-state index in [-0.39, 0.29) is 5.83 Å². The van der Waals surface area contributed by atoms with Crippen LogP contribution in [0.3, 0.4) is 0 Å². The molecule has 0 amide bonds. The Kier molecular flexibility index (Phi) is 4.58. The number of hydrogen-bond donors (Lipinski definition) is 2. The number of hydroxylamine groups is 1. The molecule has 0 aromatic heterocycles. The van der Waals surface area contributed by atoms with E-state index in [1.807, 2.05) is 12.4 Å². The van der Waals surface area contributed by atoms with Crippen molar-refractivity contribution in [2.24, 2.45) is 0 Å². The quantitative estimate of drug-likeness (QED) is 0.471. The largest absolute Gasteiger partial charge is 0.291 e. The van der Waals surface area contributed by atoms with Gasteiger partial charge in [-0.25, -0.2) is 4.39 Å². The summed E-state index contributed by atoms with van der Waals surface area (Å²) < 4.78 is 12.5. The lowest BCUT2D eigenvalue weighted by Gasteiger charge is -1.94. The average molecular weight is 145 g/mol. The fraction of sp³-hybridized carbons (Fsp3) is 0.429. The van der Waals surface area contributed by atoms with Crippen LogP contribution < -0.4 is 5.48 Å². The van der Waals surface area contributed by atoms with Crippen molar-refractivity contribution in [3.05, 3.63) is 23.7 Å². The van der Waals surface area contributed by atoms with E-state index in [1.54, 1.807) is 6.92 Å². The fourth-order valence-corrected chi connectivity index (χ4v) is 0.493. The molecule has 0 saturated carbocycles. The molecule has 3 heteroatoms. The highest BCUT2D eigenvalue weighted by molar-refractivity contribution is 5.14. The molecule has 2 nitrogen and oxygen atoms in total. The van der Waals surface area contributed by atoms with Crippen LogP contribution in [0, 0.1) is 0 Å². The molecule has 0 bridgehead atoms. The maximum Gasteiger partial charge on any atom is 0.121 e. The first kappa shape index (κ1) is 9.17. The van der Waals surface area contributed by atoms with Crippen molar-refractivity contribution in [2.45, 2.75) is 20.3 Å². The van der Waals surface area contributed by atoms with Crippen LogP contribution >= 0.6 is 0 Å². The molecule has 0 aromatic rings. The van der Waals surface area contributed by atoms with Gasteiger partial charge in [0, 0.05) is 5.70 Å². The Hall–Kier alpha value is -0.830. The van der Waals surface area contributed by atoms with Gasteiger partial charge in [0.05, 0.1) is 0 Å². The van der Waals surface area contributed by atoms with Crippen LogP contribution in [0.25, 0.3) is 0 Å². The Morgan fingerprint density at radius 1 is 1.70 bits per heavy atom. The molecular weight excluding hydrogens is 133 g/mol. The number of allylic oxidation sites excluding steroid dienone is 4. The lowest BCUT2D eigenvalue weighted by atomic mass is 10.3. The maximum atomic E-state index is 12.5. The Balaban J connectivity index is 3.98. The summed E-state index contributed by atoms with van der Waals surface area (Å²) in [6, 6.07) is 0. The summed E-state index contributed by atoms with van der Waals surface area (Å²) in [5.41, 5.74) is 2.23. The highest BCUT2D eigenvalue weighted by Gasteiger charge is 1.88. The second-order valence-electron chi connectivity index (χ2n) is 1.94. The van der Waals surface area contributed by atoms with Crippen molar-refractivity contribution in [1.82, 2.24) is 5.48 Å². The molecule has 10 heavy (non-hydrogen) atoms. The molecule has 0 rings (SSSR count). The number of rotatable bonds is 3. The van der Waals surface area contributed by atoms with E-state index in [4.69, 9.17) is 5.21 Å². The summed E-state index contributed by atoms with van der Waals surface area (Å²) in [5.74, 6) is -0.332. The zero-order valence-corrected chi connectivity index (χ0v) is 6.19. The zero-order chi connectivity index (χ0) is 7.98. The van der Waals surface area contributed by atoms with Gasteiger partial charge in [-0.3, -0.25) is 10.7 Å². The molecular formula is C7H12FNO. The molecule has 0 saturated heterocycles. The van der Waals surface area contributed by atoms with Crippen LogP contribution in [0.1, 0.15) is 20.3 Å². The maximum absolute atomic E-state index is 12.5. The molecule has 0 aliphatic carbocycles. The zero-order valence-electron chi connectivity index (χ0n) is 6.19. The summed E-state index contributed by atoms with van der Waals surface area (Å²) in [7, 11) is 0. The van der Waals surface area contributed by atoms with Gasteiger partial charge in [0.2, 0.25) is 0 Å². The van der Waals surface area contributed by atoms with Crippen molar-refractivity contribution < 1.29 is 9.60 Å². The van der Waals surface area contributed by atoms with Crippen molar-refractivity contribution in [3.63, 3.8) is 0 Å². The van der Waals surface area contributed by atoms with Crippen molar-refractivity contribution >= 4 is 0 Å². The molecule has 0 fully saturated rings. The highest BCUT2D eigenvalue weighted by atomic mass is 19.1. The summed E-state index contributed by atoms with van der Waals surface area (Å²) in [4.78, 5) is 0. The third kappa shape index (κ3) is 4.09. The van der Waals surface area contributed by atoms with E-state index in [9.17, 15) is 4.39 Å². The van der Waals surface area contributed by atoms with Gasteiger partial charge in [0.25, 0.3) is 0 Å². The third-order valence-corrected chi connectivity index (χ3v) is 0.930. The fourth-order valence-electron chi connectivity index (χ4n) is 0.493. The predicted octanol–water partition coefficient (Wildman–Crippen LogP) is 2.13. The van der Waals surface area contributed by atoms with E-state index >= 15 is 0 Å². The number of nitrogens with one attached hydrogen (secondary N) is 1. The number of hydrogen-bond acceptors (Lipinski definition) is 2. The minimum absolute atomic E-state index is 0.332. The summed E-state index contributed by atoms with van der Waals surface area (Å²) in [6.07, 6.45) is 3.31. The van der Waals surface area contributed by atoms with Gasteiger partial charge in [0.15, 0.2) is 0 Å². The Bertz CT molecular complexity index is 152. The number of halogens is 1. The summed E-state index contributed by atoms with van der Waals surface area (Å²) >= 11 is 0. The van der Waals surface area contributed by atoms with Gasteiger partial charge in [-0.05, 0) is 25.5 Å². The highest BCUT2D eigenvalue weighted by Crippen LogP contribution is 2.02. The molecule has 58 valence electrons. The molecule has 0 unspecified atom stereocenters. The van der Waals surface area contributed by atoms with Gasteiger partial charge in [-0.15, -0.1) is 0 Å². The molecule has 0 heterocycles. The van der Waals surface area contributed by atoms with Crippen molar-refractivity contribution in [3.8, 4) is 0 Å². The second-order valence-corrected chi connectivity index (χ2v) is 1.94. The van der Waals surface area contributed by atoms with Crippen LogP contribution in [0.5, 0.6) is 0 Å². The van der Waals surface area contributed by atoms with E-state index < -0.39 is 0 Å². The Morgan fingerprint density at radius 2 is 2.30 bits per heavy atom. The van der Waals surface area contributed by atoms with Crippen LogP contribution in [-0.2, 0) is 0 Å². The average Bonchev–Trinajstić information content (AvgIpc) is 1.88. The topological polar surface area (TPSA) is 32.3 Å². The molecule has 2 N–H and O–H groups in total. The normalized spacial score (nSPS) is 13.6. The van der Waals surface area contributed by atoms with Gasteiger partial charge >= 0.3 is 0 Å². The van der Waals surface area contributed by atoms with Crippen molar-refractivity contribution in [2.75, 3.05) is 0 Å². The predicted molar refractivity (Wildman–Crippen MR) is 38.2 cm³/mol. The standard InChI is InChI=1S/C7H12FNO/c1-3-4-7(8)5-6(2)9-10/h4-5,9-10H,3H2,1-2H3/b6-5+,7-4+. The Morgan fingerprint density at radius 3 is 2.70 bits per heavy atom. The summed E-state index contributed by atoms with van der Waals surface area (Å²) in [6.45, 7) is 3.41. The van der Waals surface area contributed by atoms with Crippen LogP contribution in [0.15, 0.2) is 23.7 Å². The monoisotopic (exact) mass is 145 g/mol. The van der Waals surface area contributed by atoms with Gasteiger partial charge in [0.1, 0.15) is 5.83 Å². The first-order valence-corrected chi connectivity index (χ1v) is 3.14. The molecule has 0 aliphatic rings. The van der Waals surface area contributed by atoms with E-state index in [0.29, 0.717) is 12.1 Å². The minimum Gasteiger partial charge on any atom is -0.291 e. The second kappa shape index (κ2) is 4.99. The van der Waals surface area contributed by atoms with Gasteiger partial charge in [-0.2, -0.15) is 0 Å². The van der Waals surface area contributed by atoms with E-state index in [2.05, 4.69) is 0 Å². The smallest absolute Gasteiger partial charge is 0.121 e. The lowest BCUT2D eigenvalue weighted by Crippen LogP contribution is -2.02. The van der Waals surface area contributed by atoms with Gasteiger partial charge in [-0.1, -0.05) is 6.92 Å². The molecule has 0 atom stereocenters. The lowest BCUT2D eigenvalue weighted by molar-refractivity contribution is 0.200. The van der Waals surface area contributed by atoms with Crippen LogP contribution in [0.4, 0.5) is 4.39 Å². The minimum atomic E-state index is -0.332. The molecule has 0 aromatic carbocycles. The first-order chi connectivity index (χ1) is 4.70. The SMILES string of the molecule is CC/C=C(F)\C=C(/C)NO. The molecule has 0 spiro atoms. The third-order valence-electron chi connectivity index (χ3n) is 0.930. The Labute approximate surface area is 60.0 Å².